The average molecular weight is 237 g/mol. The number of aldehydes is 1. The number of carbonyl (C=O) groups is 1. The Labute approximate surface area is 99.9 Å². The SMILES string of the molecule is COC(=C1CCC1)c1ccc(C=O)cc1Cl. The number of benzene rings is 1. The normalized spacial score (nSPS) is 14.2. The minimum atomic E-state index is 0.570. The summed E-state index contributed by atoms with van der Waals surface area (Å²) in [6, 6.07) is 5.27. The lowest BCUT2D eigenvalue weighted by molar-refractivity contribution is 0.112. The molecule has 1 fully saturated rings. The molecule has 0 radical (unpaired) electrons. The van der Waals surface area contributed by atoms with E-state index in [2.05, 4.69) is 0 Å². The van der Waals surface area contributed by atoms with Crippen molar-refractivity contribution in [2.45, 2.75) is 19.3 Å². The minimum absolute atomic E-state index is 0.570. The molecule has 1 aliphatic carbocycles. The van der Waals surface area contributed by atoms with Crippen LogP contribution in [0.25, 0.3) is 5.76 Å². The minimum Gasteiger partial charge on any atom is -0.496 e. The quantitative estimate of drug-likeness (QED) is 0.591. The van der Waals surface area contributed by atoms with Gasteiger partial charge in [-0.25, -0.2) is 0 Å². The molecule has 0 amide bonds. The Morgan fingerprint density at radius 1 is 1.44 bits per heavy atom. The first-order valence-electron chi connectivity index (χ1n) is 5.27. The third-order valence-electron chi connectivity index (χ3n) is 2.86. The van der Waals surface area contributed by atoms with Crippen molar-refractivity contribution in [2.75, 3.05) is 7.11 Å². The summed E-state index contributed by atoms with van der Waals surface area (Å²) in [7, 11) is 1.66. The molecule has 0 aromatic heterocycles. The number of rotatable bonds is 3. The molecular weight excluding hydrogens is 224 g/mol. The molecule has 0 heterocycles. The number of ether oxygens (including phenoxy) is 1. The van der Waals surface area contributed by atoms with Crippen LogP contribution in [0.2, 0.25) is 5.02 Å². The first-order valence-corrected chi connectivity index (χ1v) is 5.65. The molecule has 0 bridgehead atoms. The number of hydrogen-bond donors (Lipinski definition) is 0. The zero-order valence-electron chi connectivity index (χ0n) is 9.13. The van der Waals surface area contributed by atoms with Gasteiger partial charge in [-0.05, 0) is 37.0 Å². The van der Waals surface area contributed by atoms with Gasteiger partial charge in [0, 0.05) is 11.1 Å². The fourth-order valence-electron chi connectivity index (χ4n) is 1.81. The monoisotopic (exact) mass is 236 g/mol. The van der Waals surface area contributed by atoms with Gasteiger partial charge in [0.05, 0.1) is 12.1 Å². The van der Waals surface area contributed by atoms with Crippen molar-refractivity contribution in [2.24, 2.45) is 0 Å². The Bertz CT molecular complexity index is 443. The molecule has 1 aliphatic rings. The van der Waals surface area contributed by atoms with Crippen LogP contribution in [0.1, 0.15) is 35.2 Å². The maximum absolute atomic E-state index is 10.6. The number of hydrogen-bond acceptors (Lipinski definition) is 2. The van der Waals surface area contributed by atoms with Crippen LogP contribution in [0.5, 0.6) is 0 Å². The Hall–Kier alpha value is -1.28. The summed E-state index contributed by atoms with van der Waals surface area (Å²) in [5.74, 6) is 0.869. The van der Waals surface area contributed by atoms with Crippen molar-refractivity contribution >= 4 is 23.6 Å². The van der Waals surface area contributed by atoms with Crippen molar-refractivity contribution < 1.29 is 9.53 Å². The van der Waals surface area contributed by atoms with E-state index >= 15 is 0 Å². The molecule has 1 aromatic carbocycles. The maximum Gasteiger partial charge on any atom is 0.150 e. The highest BCUT2D eigenvalue weighted by Crippen LogP contribution is 2.36. The van der Waals surface area contributed by atoms with Crippen molar-refractivity contribution in [3.63, 3.8) is 0 Å². The molecule has 0 N–H and O–H groups in total. The third-order valence-corrected chi connectivity index (χ3v) is 3.17. The Morgan fingerprint density at radius 2 is 2.19 bits per heavy atom. The van der Waals surface area contributed by atoms with Crippen molar-refractivity contribution in [3.05, 3.63) is 39.9 Å². The Balaban J connectivity index is 2.43. The molecule has 84 valence electrons. The van der Waals surface area contributed by atoms with Gasteiger partial charge in [-0.1, -0.05) is 17.7 Å². The highest BCUT2D eigenvalue weighted by molar-refractivity contribution is 6.32. The van der Waals surface area contributed by atoms with E-state index in [9.17, 15) is 4.79 Å². The summed E-state index contributed by atoms with van der Waals surface area (Å²) in [4.78, 5) is 10.6. The van der Waals surface area contributed by atoms with E-state index in [1.807, 2.05) is 6.07 Å². The van der Waals surface area contributed by atoms with Gasteiger partial charge in [0.15, 0.2) is 0 Å². The molecule has 0 spiro atoms. The molecule has 1 saturated carbocycles. The molecule has 0 unspecified atom stereocenters. The molecular formula is C13H13ClO2. The fraction of sp³-hybridized carbons (Fsp3) is 0.308. The van der Waals surface area contributed by atoms with E-state index in [1.165, 1.54) is 12.0 Å². The topological polar surface area (TPSA) is 26.3 Å². The van der Waals surface area contributed by atoms with Gasteiger partial charge in [-0.15, -0.1) is 0 Å². The van der Waals surface area contributed by atoms with Gasteiger partial charge in [0.1, 0.15) is 12.0 Å². The highest BCUT2D eigenvalue weighted by Gasteiger charge is 2.18. The lowest BCUT2D eigenvalue weighted by atomic mass is 9.89. The van der Waals surface area contributed by atoms with E-state index < -0.39 is 0 Å². The second-order valence-electron chi connectivity index (χ2n) is 3.85. The summed E-state index contributed by atoms with van der Waals surface area (Å²) >= 11 is 6.13. The Kier molecular flexibility index (Phi) is 3.30. The van der Waals surface area contributed by atoms with Crippen LogP contribution in [-0.2, 0) is 4.74 Å². The summed E-state index contributed by atoms with van der Waals surface area (Å²) in [6.07, 6.45) is 4.16. The molecule has 2 rings (SSSR count). The molecule has 0 aliphatic heterocycles. The fourth-order valence-corrected chi connectivity index (χ4v) is 2.09. The van der Waals surface area contributed by atoms with Crippen LogP contribution >= 0.6 is 11.6 Å². The van der Waals surface area contributed by atoms with Crippen molar-refractivity contribution in [1.29, 1.82) is 0 Å². The van der Waals surface area contributed by atoms with Crippen LogP contribution in [-0.4, -0.2) is 13.4 Å². The molecule has 16 heavy (non-hydrogen) atoms. The van der Waals surface area contributed by atoms with Crippen LogP contribution in [0.4, 0.5) is 0 Å². The van der Waals surface area contributed by atoms with Gasteiger partial charge in [-0.2, -0.15) is 0 Å². The summed E-state index contributed by atoms with van der Waals surface area (Å²) < 4.78 is 5.40. The lowest BCUT2D eigenvalue weighted by Crippen LogP contribution is -2.03. The van der Waals surface area contributed by atoms with Crippen LogP contribution in [0, 0.1) is 0 Å². The molecule has 0 atom stereocenters. The smallest absolute Gasteiger partial charge is 0.150 e. The van der Waals surface area contributed by atoms with E-state index in [1.54, 1.807) is 19.2 Å². The molecule has 1 aromatic rings. The van der Waals surface area contributed by atoms with Crippen LogP contribution < -0.4 is 0 Å². The van der Waals surface area contributed by atoms with Gasteiger partial charge in [-0.3, -0.25) is 4.79 Å². The first kappa shape index (κ1) is 11.2. The van der Waals surface area contributed by atoms with E-state index in [0.717, 1.165) is 30.5 Å². The van der Waals surface area contributed by atoms with E-state index in [-0.39, 0.29) is 0 Å². The highest BCUT2D eigenvalue weighted by atomic mass is 35.5. The van der Waals surface area contributed by atoms with E-state index in [0.29, 0.717) is 10.6 Å². The van der Waals surface area contributed by atoms with Gasteiger partial charge in [0.25, 0.3) is 0 Å². The largest absolute Gasteiger partial charge is 0.496 e. The lowest BCUT2D eigenvalue weighted by Gasteiger charge is -2.21. The predicted molar refractivity (Wildman–Crippen MR) is 64.6 cm³/mol. The number of halogens is 1. The van der Waals surface area contributed by atoms with Crippen LogP contribution in [0.15, 0.2) is 23.8 Å². The summed E-state index contributed by atoms with van der Waals surface area (Å²) in [6.45, 7) is 0. The number of methoxy groups -OCH3 is 1. The molecule has 0 saturated heterocycles. The second-order valence-corrected chi connectivity index (χ2v) is 4.25. The third kappa shape index (κ3) is 1.98. The molecule has 2 nitrogen and oxygen atoms in total. The van der Waals surface area contributed by atoms with E-state index in [4.69, 9.17) is 16.3 Å². The molecule has 3 heteroatoms. The summed E-state index contributed by atoms with van der Waals surface area (Å²) in [5.41, 5.74) is 2.77. The van der Waals surface area contributed by atoms with Crippen molar-refractivity contribution in [3.8, 4) is 0 Å². The summed E-state index contributed by atoms with van der Waals surface area (Å²) in [5, 5.41) is 0.570. The van der Waals surface area contributed by atoms with Gasteiger partial charge in [0.2, 0.25) is 0 Å². The zero-order chi connectivity index (χ0) is 11.5. The second kappa shape index (κ2) is 4.71. The number of allylic oxidation sites excluding steroid dienone is 1. The Morgan fingerprint density at radius 3 is 2.62 bits per heavy atom. The predicted octanol–water partition coefficient (Wildman–Crippen LogP) is 3.69. The number of carbonyl (C=O) groups excluding carboxylic acids is 1. The maximum atomic E-state index is 10.6. The zero-order valence-corrected chi connectivity index (χ0v) is 9.88. The first-order chi connectivity index (χ1) is 7.76. The van der Waals surface area contributed by atoms with Crippen LogP contribution in [0.3, 0.4) is 0 Å². The average Bonchev–Trinajstić information content (AvgIpc) is 2.23. The van der Waals surface area contributed by atoms with Gasteiger partial charge < -0.3 is 4.74 Å². The van der Waals surface area contributed by atoms with Gasteiger partial charge >= 0.3 is 0 Å². The van der Waals surface area contributed by atoms with Crippen molar-refractivity contribution in [1.82, 2.24) is 0 Å². The standard InChI is InChI=1S/C13H13ClO2/c1-16-13(10-3-2-4-10)11-6-5-9(8-15)7-12(11)14/h5-8H,2-4H2,1H3.